The fourth-order valence-electron chi connectivity index (χ4n) is 0.675. The van der Waals surface area contributed by atoms with Crippen molar-refractivity contribution in [2.24, 2.45) is 5.92 Å². The number of carbonyl (C=O) groups excluding carboxylic acids is 1. The first-order valence-corrected chi connectivity index (χ1v) is 4.29. The van der Waals surface area contributed by atoms with Crippen molar-refractivity contribution >= 4 is 5.97 Å². The molecule has 0 heterocycles. The molecule has 12 heavy (non-hydrogen) atoms. The van der Waals surface area contributed by atoms with Crippen molar-refractivity contribution in [1.82, 2.24) is 0 Å². The molecule has 0 spiro atoms. The zero-order valence-electron chi connectivity index (χ0n) is 8.29. The van der Waals surface area contributed by atoms with Crippen molar-refractivity contribution in [3.63, 3.8) is 0 Å². The molecule has 0 saturated carbocycles. The average molecular weight is 174 g/mol. The monoisotopic (exact) mass is 174 g/mol. The van der Waals surface area contributed by atoms with Gasteiger partial charge in [0.05, 0.1) is 6.10 Å². The van der Waals surface area contributed by atoms with Gasteiger partial charge in [0.25, 0.3) is 0 Å². The molecule has 3 heteroatoms. The molecule has 0 radical (unpaired) electrons. The van der Waals surface area contributed by atoms with E-state index in [-0.39, 0.29) is 18.7 Å². The van der Waals surface area contributed by atoms with Gasteiger partial charge in [0.1, 0.15) is 6.61 Å². The van der Waals surface area contributed by atoms with Crippen LogP contribution in [0, 0.1) is 5.92 Å². The Hall–Kier alpha value is -0.570. The summed E-state index contributed by atoms with van der Waals surface area (Å²) in [6.07, 6.45) is -0.0554. The molecule has 0 amide bonds. The second-order valence-corrected chi connectivity index (χ2v) is 3.45. The summed E-state index contributed by atoms with van der Waals surface area (Å²) >= 11 is 0. The van der Waals surface area contributed by atoms with Gasteiger partial charge >= 0.3 is 5.97 Å². The molecule has 0 bridgehead atoms. The topological polar surface area (TPSA) is 35.5 Å². The largest absolute Gasteiger partial charge is 0.461 e. The minimum Gasteiger partial charge on any atom is -0.461 e. The van der Waals surface area contributed by atoms with E-state index in [0.29, 0.717) is 12.5 Å². The highest BCUT2D eigenvalue weighted by Crippen LogP contribution is 1.94. The summed E-state index contributed by atoms with van der Waals surface area (Å²) in [4.78, 5) is 10.9. The Bertz CT molecular complexity index is 130. The van der Waals surface area contributed by atoms with Crippen LogP contribution in [0.5, 0.6) is 0 Å². The Balaban J connectivity index is 3.32. The summed E-state index contributed by atoms with van der Waals surface area (Å²) in [6, 6.07) is 0. The molecule has 0 N–H and O–H groups in total. The van der Waals surface area contributed by atoms with Gasteiger partial charge in [-0.3, -0.25) is 0 Å². The lowest BCUT2D eigenvalue weighted by molar-refractivity contribution is -0.153. The van der Waals surface area contributed by atoms with Crippen molar-refractivity contribution in [2.75, 3.05) is 13.2 Å². The lowest BCUT2D eigenvalue weighted by Crippen LogP contribution is -2.18. The number of carbonyl (C=O) groups is 1. The molecular weight excluding hydrogens is 156 g/mol. The van der Waals surface area contributed by atoms with E-state index in [0.717, 1.165) is 0 Å². The Morgan fingerprint density at radius 2 is 1.83 bits per heavy atom. The summed E-state index contributed by atoms with van der Waals surface area (Å²) in [5.74, 6) is 0.169. The number of ether oxygens (including phenoxy) is 2. The smallest absolute Gasteiger partial charge is 0.332 e. The second kappa shape index (κ2) is 6.00. The highest BCUT2D eigenvalue weighted by atomic mass is 16.6. The molecule has 0 aromatic rings. The Labute approximate surface area is 74.0 Å². The quantitative estimate of drug-likeness (QED) is 0.594. The lowest BCUT2D eigenvalue weighted by Gasteiger charge is -2.09. The van der Waals surface area contributed by atoms with E-state index in [4.69, 9.17) is 9.47 Å². The third-order valence-corrected chi connectivity index (χ3v) is 1.04. The predicted molar refractivity (Wildman–Crippen MR) is 46.9 cm³/mol. The van der Waals surface area contributed by atoms with Crippen LogP contribution in [-0.2, 0) is 14.3 Å². The van der Waals surface area contributed by atoms with Crippen LogP contribution in [0.3, 0.4) is 0 Å². The van der Waals surface area contributed by atoms with Gasteiger partial charge < -0.3 is 9.47 Å². The van der Waals surface area contributed by atoms with Crippen LogP contribution in [0.25, 0.3) is 0 Å². The molecule has 0 aromatic heterocycles. The maximum Gasteiger partial charge on any atom is 0.332 e. The molecule has 0 rings (SSSR count). The van der Waals surface area contributed by atoms with Crippen LogP contribution in [0.4, 0.5) is 0 Å². The normalized spacial score (nSPS) is 10.8. The van der Waals surface area contributed by atoms with Gasteiger partial charge in [-0.2, -0.15) is 0 Å². The summed E-state index contributed by atoms with van der Waals surface area (Å²) in [6.45, 7) is 8.38. The van der Waals surface area contributed by atoms with Gasteiger partial charge in [0, 0.05) is 6.61 Å². The molecule has 0 aliphatic heterocycles. The fraction of sp³-hybridized carbons (Fsp3) is 0.889. The summed E-state index contributed by atoms with van der Waals surface area (Å²) in [7, 11) is 0. The second-order valence-electron chi connectivity index (χ2n) is 3.45. The first kappa shape index (κ1) is 11.4. The maximum atomic E-state index is 10.9. The molecule has 0 saturated heterocycles. The van der Waals surface area contributed by atoms with Crippen molar-refractivity contribution in [2.45, 2.75) is 33.8 Å². The van der Waals surface area contributed by atoms with Crippen LogP contribution in [-0.4, -0.2) is 25.3 Å². The third-order valence-electron chi connectivity index (χ3n) is 1.04. The van der Waals surface area contributed by atoms with Crippen LogP contribution in [0.1, 0.15) is 27.7 Å². The SMILES string of the molecule is CC(C)COCC(=O)OC(C)C. The highest BCUT2D eigenvalue weighted by molar-refractivity contribution is 5.70. The van der Waals surface area contributed by atoms with Crippen LogP contribution < -0.4 is 0 Å². The van der Waals surface area contributed by atoms with E-state index in [2.05, 4.69) is 0 Å². The zero-order chi connectivity index (χ0) is 9.56. The summed E-state index contributed by atoms with van der Waals surface area (Å²) in [5, 5.41) is 0. The summed E-state index contributed by atoms with van der Waals surface area (Å²) in [5.41, 5.74) is 0. The minimum atomic E-state index is -0.286. The van der Waals surface area contributed by atoms with E-state index in [1.807, 2.05) is 27.7 Å². The van der Waals surface area contributed by atoms with E-state index >= 15 is 0 Å². The zero-order valence-corrected chi connectivity index (χ0v) is 8.29. The molecule has 0 aromatic carbocycles. The third kappa shape index (κ3) is 7.54. The first-order chi connectivity index (χ1) is 5.52. The number of esters is 1. The van der Waals surface area contributed by atoms with Crippen LogP contribution in [0.2, 0.25) is 0 Å². The molecule has 0 unspecified atom stereocenters. The van der Waals surface area contributed by atoms with Crippen molar-refractivity contribution in [3.8, 4) is 0 Å². The fourth-order valence-corrected chi connectivity index (χ4v) is 0.675. The van der Waals surface area contributed by atoms with Crippen LogP contribution in [0.15, 0.2) is 0 Å². The first-order valence-electron chi connectivity index (χ1n) is 4.29. The molecule has 72 valence electrons. The molecule has 0 aliphatic carbocycles. The lowest BCUT2D eigenvalue weighted by atomic mass is 10.2. The van der Waals surface area contributed by atoms with E-state index in [1.54, 1.807) is 0 Å². The number of hydrogen-bond donors (Lipinski definition) is 0. The molecule has 0 fully saturated rings. The van der Waals surface area contributed by atoms with Crippen molar-refractivity contribution in [3.05, 3.63) is 0 Å². The van der Waals surface area contributed by atoms with Gasteiger partial charge in [-0.1, -0.05) is 13.8 Å². The summed E-state index contributed by atoms with van der Waals surface area (Å²) < 4.78 is 9.95. The number of hydrogen-bond acceptors (Lipinski definition) is 3. The molecular formula is C9H18O3. The minimum absolute atomic E-state index is 0.0554. The molecule has 0 aliphatic rings. The predicted octanol–water partition coefficient (Wildman–Crippen LogP) is 1.61. The Kier molecular flexibility index (Phi) is 5.72. The van der Waals surface area contributed by atoms with E-state index < -0.39 is 0 Å². The Morgan fingerprint density at radius 1 is 1.25 bits per heavy atom. The van der Waals surface area contributed by atoms with Crippen LogP contribution >= 0.6 is 0 Å². The molecule has 0 atom stereocenters. The van der Waals surface area contributed by atoms with Gasteiger partial charge in [-0.15, -0.1) is 0 Å². The van der Waals surface area contributed by atoms with Crippen molar-refractivity contribution in [1.29, 1.82) is 0 Å². The number of rotatable bonds is 5. The van der Waals surface area contributed by atoms with Crippen molar-refractivity contribution < 1.29 is 14.3 Å². The molecule has 3 nitrogen and oxygen atoms in total. The Morgan fingerprint density at radius 3 is 2.25 bits per heavy atom. The highest BCUT2D eigenvalue weighted by Gasteiger charge is 2.05. The standard InChI is InChI=1S/C9H18O3/c1-7(2)5-11-6-9(10)12-8(3)4/h7-8H,5-6H2,1-4H3. The van der Waals surface area contributed by atoms with Gasteiger partial charge in [-0.05, 0) is 19.8 Å². The maximum absolute atomic E-state index is 10.9. The van der Waals surface area contributed by atoms with E-state index in [9.17, 15) is 4.79 Å². The van der Waals surface area contributed by atoms with Gasteiger partial charge in [-0.25, -0.2) is 4.79 Å². The van der Waals surface area contributed by atoms with Gasteiger partial charge in [0.2, 0.25) is 0 Å². The van der Waals surface area contributed by atoms with E-state index in [1.165, 1.54) is 0 Å². The van der Waals surface area contributed by atoms with Gasteiger partial charge in [0.15, 0.2) is 0 Å². The average Bonchev–Trinajstić information content (AvgIpc) is 1.84.